The molecule has 8 heteroatoms. The molecule has 3 heterocycles. The van der Waals surface area contributed by atoms with E-state index >= 15 is 0 Å². The van der Waals surface area contributed by atoms with Crippen LogP contribution in [0.1, 0.15) is 37.4 Å². The average Bonchev–Trinajstić information content (AvgIpc) is 3.27. The second kappa shape index (κ2) is 7.68. The van der Waals surface area contributed by atoms with Crippen LogP contribution in [-0.2, 0) is 12.1 Å². The third-order valence-corrected chi connectivity index (χ3v) is 5.11. The van der Waals surface area contributed by atoms with Crippen LogP contribution in [0.4, 0.5) is 5.82 Å². The molecule has 0 unspecified atom stereocenters. The summed E-state index contributed by atoms with van der Waals surface area (Å²) < 4.78 is 5.45. The zero-order valence-corrected chi connectivity index (χ0v) is 15.1. The van der Waals surface area contributed by atoms with Gasteiger partial charge in [0.05, 0.1) is 12.1 Å². The molecular weight excluding hydrogens is 340 g/mol. The van der Waals surface area contributed by atoms with Gasteiger partial charge in [-0.2, -0.15) is 4.98 Å². The molecule has 7 nitrogen and oxygen atoms in total. The smallest absolute Gasteiger partial charge is 0.240 e. The predicted octanol–water partition coefficient (Wildman–Crippen LogP) is 1.94. The molecule has 0 radical (unpaired) electrons. The fourth-order valence-electron chi connectivity index (χ4n) is 3.62. The van der Waals surface area contributed by atoms with Crippen molar-refractivity contribution < 1.29 is 4.52 Å². The molecule has 0 amide bonds. The number of piperazine rings is 1. The SMILES string of the molecule is Cl.NC1(c2noc(CN3CCN(c4ccccn4)CC3)n2)CCCC1. The summed E-state index contributed by atoms with van der Waals surface area (Å²) in [5, 5.41) is 4.14. The van der Waals surface area contributed by atoms with Gasteiger partial charge in [0.2, 0.25) is 5.89 Å². The van der Waals surface area contributed by atoms with E-state index < -0.39 is 0 Å². The maximum Gasteiger partial charge on any atom is 0.240 e. The highest BCUT2D eigenvalue weighted by Crippen LogP contribution is 2.34. The zero-order chi connectivity index (χ0) is 16.4. The summed E-state index contributed by atoms with van der Waals surface area (Å²) in [6.07, 6.45) is 6.04. The van der Waals surface area contributed by atoms with Crippen LogP contribution in [0.3, 0.4) is 0 Å². The largest absolute Gasteiger partial charge is 0.354 e. The van der Waals surface area contributed by atoms with E-state index in [0.29, 0.717) is 18.3 Å². The molecule has 25 heavy (non-hydrogen) atoms. The van der Waals surface area contributed by atoms with Crippen LogP contribution in [0.5, 0.6) is 0 Å². The molecule has 1 saturated carbocycles. The first-order chi connectivity index (χ1) is 11.7. The Balaban J connectivity index is 0.00000182. The van der Waals surface area contributed by atoms with Crippen LogP contribution in [0.2, 0.25) is 0 Å². The Kier molecular flexibility index (Phi) is 5.56. The Labute approximate surface area is 154 Å². The monoisotopic (exact) mass is 364 g/mol. The van der Waals surface area contributed by atoms with E-state index in [9.17, 15) is 0 Å². The molecule has 1 aliphatic heterocycles. The van der Waals surface area contributed by atoms with Crippen molar-refractivity contribution in [3.05, 3.63) is 36.1 Å². The first-order valence-electron chi connectivity index (χ1n) is 8.73. The van der Waals surface area contributed by atoms with Crippen molar-refractivity contribution >= 4 is 18.2 Å². The highest BCUT2D eigenvalue weighted by Gasteiger charge is 2.36. The predicted molar refractivity (Wildman–Crippen MR) is 97.6 cm³/mol. The lowest BCUT2D eigenvalue weighted by molar-refractivity contribution is 0.214. The van der Waals surface area contributed by atoms with E-state index in [1.807, 2.05) is 18.3 Å². The number of pyridine rings is 1. The number of anilines is 1. The van der Waals surface area contributed by atoms with Crippen LogP contribution >= 0.6 is 12.4 Å². The number of halogens is 1. The topological polar surface area (TPSA) is 84.3 Å². The van der Waals surface area contributed by atoms with Crippen LogP contribution in [-0.4, -0.2) is 46.2 Å². The van der Waals surface area contributed by atoms with Gasteiger partial charge in [0.1, 0.15) is 5.82 Å². The van der Waals surface area contributed by atoms with Crippen LogP contribution in [0, 0.1) is 0 Å². The molecule has 2 aromatic rings. The summed E-state index contributed by atoms with van der Waals surface area (Å²) in [5.74, 6) is 2.40. The molecular formula is C17H25ClN6O. The summed E-state index contributed by atoms with van der Waals surface area (Å²) in [7, 11) is 0. The van der Waals surface area contributed by atoms with Crippen molar-refractivity contribution in [2.75, 3.05) is 31.1 Å². The molecule has 4 rings (SSSR count). The Morgan fingerprint density at radius 1 is 1.12 bits per heavy atom. The second-order valence-electron chi connectivity index (χ2n) is 6.83. The molecule has 2 fully saturated rings. The molecule has 2 aromatic heterocycles. The average molecular weight is 365 g/mol. The number of aromatic nitrogens is 3. The fraction of sp³-hybridized carbons (Fsp3) is 0.588. The third-order valence-electron chi connectivity index (χ3n) is 5.11. The van der Waals surface area contributed by atoms with Crippen LogP contribution in [0.25, 0.3) is 0 Å². The Morgan fingerprint density at radius 2 is 1.88 bits per heavy atom. The van der Waals surface area contributed by atoms with E-state index in [1.54, 1.807) is 0 Å². The summed E-state index contributed by atoms with van der Waals surface area (Å²) in [5.41, 5.74) is 6.02. The fourth-order valence-corrected chi connectivity index (χ4v) is 3.62. The van der Waals surface area contributed by atoms with Gasteiger partial charge >= 0.3 is 0 Å². The van der Waals surface area contributed by atoms with Crippen molar-refractivity contribution in [3.8, 4) is 0 Å². The third kappa shape index (κ3) is 3.94. The van der Waals surface area contributed by atoms with Gasteiger partial charge < -0.3 is 15.2 Å². The molecule has 0 aromatic carbocycles. The van der Waals surface area contributed by atoms with Gasteiger partial charge in [0, 0.05) is 32.4 Å². The minimum absolute atomic E-state index is 0. The quantitative estimate of drug-likeness (QED) is 0.887. The van der Waals surface area contributed by atoms with E-state index in [-0.39, 0.29) is 17.9 Å². The Morgan fingerprint density at radius 3 is 2.56 bits per heavy atom. The summed E-state index contributed by atoms with van der Waals surface area (Å²) in [4.78, 5) is 13.6. The highest BCUT2D eigenvalue weighted by atomic mass is 35.5. The van der Waals surface area contributed by atoms with Gasteiger partial charge in [-0.05, 0) is 25.0 Å². The number of hydrogen-bond acceptors (Lipinski definition) is 7. The van der Waals surface area contributed by atoms with Gasteiger partial charge in [-0.3, -0.25) is 4.90 Å². The highest BCUT2D eigenvalue weighted by molar-refractivity contribution is 5.85. The number of nitrogens with zero attached hydrogens (tertiary/aromatic N) is 5. The first-order valence-corrected chi connectivity index (χ1v) is 8.73. The maximum absolute atomic E-state index is 6.40. The molecule has 2 aliphatic rings. The minimum Gasteiger partial charge on any atom is -0.354 e. The van der Waals surface area contributed by atoms with Crippen molar-refractivity contribution in [3.63, 3.8) is 0 Å². The van der Waals surface area contributed by atoms with Gasteiger partial charge in [0.15, 0.2) is 5.82 Å². The lowest BCUT2D eigenvalue weighted by Gasteiger charge is -2.34. The maximum atomic E-state index is 6.40. The van der Waals surface area contributed by atoms with Crippen LogP contribution in [0.15, 0.2) is 28.9 Å². The van der Waals surface area contributed by atoms with E-state index in [0.717, 1.165) is 57.7 Å². The molecule has 1 aliphatic carbocycles. The van der Waals surface area contributed by atoms with E-state index in [1.165, 1.54) is 0 Å². The molecule has 0 spiro atoms. The molecule has 1 saturated heterocycles. The summed E-state index contributed by atoms with van der Waals surface area (Å²) in [6, 6.07) is 6.03. The van der Waals surface area contributed by atoms with E-state index in [2.05, 4.69) is 31.0 Å². The van der Waals surface area contributed by atoms with Crippen molar-refractivity contribution in [1.82, 2.24) is 20.0 Å². The van der Waals surface area contributed by atoms with Crippen LogP contribution < -0.4 is 10.6 Å². The molecule has 136 valence electrons. The minimum atomic E-state index is -0.376. The zero-order valence-electron chi connectivity index (χ0n) is 14.3. The molecule has 2 N–H and O–H groups in total. The normalized spacial score (nSPS) is 20.4. The molecule has 0 bridgehead atoms. The van der Waals surface area contributed by atoms with Crippen molar-refractivity contribution in [2.45, 2.75) is 37.8 Å². The standard InChI is InChI=1S/C17H24N6O.ClH/c18-17(6-2-3-7-17)16-20-15(24-21-16)13-22-9-11-23(12-10-22)14-5-1-4-8-19-14;/h1,4-5,8H,2-3,6-7,9-13,18H2;1H. The number of rotatable bonds is 4. The van der Waals surface area contributed by atoms with Gasteiger partial charge in [-0.25, -0.2) is 4.98 Å². The summed E-state index contributed by atoms with van der Waals surface area (Å²) >= 11 is 0. The first kappa shape index (κ1) is 18.1. The Hall–Kier alpha value is -1.70. The lowest BCUT2D eigenvalue weighted by atomic mass is 9.99. The van der Waals surface area contributed by atoms with Gasteiger partial charge in [-0.15, -0.1) is 12.4 Å². The van der Waals surface area contributed by atoms with Gasteiger partial charge in [0.25, 0.3) is 0 Å². The van der Waals surface area contributed by atoms with Crippen molar-refractivity contribution in [1.29, 1.82) is 0 Å². The van der Waals surface area contributed by atoms with E-state index in [4.69, 9.17) is 10.3 Å². The van der Waals surface area contributed by atoms with Crippen molar-refractivity contribution in [2.24, 2.45) is 5.73 Å². The summed E-state index contributed by atoms with van der Waals surface area (Å²) in [6.45, 7) is 4.53. The number of nitrogens with two attached hydrogens (primary N) is 1. The number of hydrogen-bond donors (Lipinski definition) is 1. The lowest BCUT2D eigenvalue weighted by Crippen LogP contribution is -2.46. The second-order valence-corrected chi connectivity index (χ2v) is 6.83. The Bertz CT molecular complexity index is 665. The van der Waals surface area contributed by atoms with Gasteiger partial charge in [-0.1, -0.05) is 24.1 Å². The molecule has 0 atom stereocenters.